The van der Waals surface area contributed by atoms with Crippen LogP contribution in [0, 0.1) is 0 Å². The Morgan fingerprint density at radius 3 is 1.60 bits per heavy atom. The molecule has 92 valence electrons. The van der Waals surface area contributed by atoms with E-state index in [4.69, 9.17) is 0 Å². The maximum absolute atomic E-state index is 3.70. The highest BCUT2D eigenvalue weighted by molar-refractivity contribution is 7.96. The van der Waals surface area contributed by atoms with E-state index in [0.717, 1.165) is 0 Å². The molecule has 2 nitrogen and oxygen atoms in total. The predicted molar refractivity (Wildman–Crippen MR) is 72.3 cm³/mol. The summed E-state index contributed by atoms with van der Waals surface area (Å²) in [4.78, 5) is 0. The molecule has 1 N–H and O–H groups in total. The molecule has 0 aliphatic rings. The van der Waals surface area contributed by atoms with Crippen LogP contribution in [0.25, 0.3) is 0 Å². The number of nitrogens with one attached hydrogen (secondary N) is 1. The van der Waals surface area contributed by atoms with E-state index in [0.29, 0.717) is 0 Å². The number of rotatable bonds is 4. The summed E-state index contributed by atoms with van der Waals surface area (Å²) in [5, 5.41) is 3.70. The molecule has 0 fully saturated rings. The largest absolute Gasteiger partial charge is 0.305 e. The average Bonchev–Trinajstić information content (AvgIpc) is 1.97. The third-order valence-corrected chi connectivity index (χ3v) is 4.28. The molecule has 0 aromatic rings. The molecule has 0 saturated carbocycles. The number of nitrogens with zero attached hydrogens (tertiary/aromatic N) is 1. The predicted octanol–water partition coefficient (Wildman–Crippen LogP) is 3.14. The Kier molecular flexibility index (Phi) is 4.72. The van der Waals surface area contributed by atoms with Gasteiger partial charge in [-0.25, -0.2) is 4.31 Å². The molecule has 0 radical (unpaired) electrons. The maximum Gasteiger partial charge on any atom is 0.0430 e. The monoisotopic (exact) mass is 232 g/mol. The fourth-order valence-electron chi connectivity index (χ4n) is 1.71. The van der Waals surface area contributed by atoms with E-state index in [1.165, 1.54) is 0 Å². The van der Waals surface area contributed by atoms with Gasteiger partial charge in [0.2, 0.25) is 0 Å². The quantitative estimate of drug-likeness (QED) is 0.750. The summed E-state index contributed by atoms with van der Waals surface area (Å²) in [6.45, 7) is 15.7. The normalized spacial score (nSPS) is 14.8. The van der Waals surface area contributed by atoms with E-state index in [-0.39, 0.29) is 16.6 Å². The molecule has 0 aliphatic carbocycles. The lowest BCUT2D eigenvalue weighted by Gasteiger charge is -2.50. The van der Waals surface area contributed by atoms with Crippen molar-refractivity contribution >= 4 is 11.9 Å². The summed E-state index contributed by atoms with van der Waals surface area (Å²) in [5.74, 6) is 0. The van der Waals surface area contributed by atoms with Crippen molar-refractivity contribution in [2.24, 2.45) is 0 Å². The summed E-state index contributed by atoms with van der Waals surface area (Å²) in [6.07, 6.45) is 2.12. The van der Waals surface area contributed by atoms with E-state index in [9.17, 15) is 0 Å². The fraction of sp³-hybridized carbons (Fsp3) is 1.00. The van der Waals surface area contributed by atoms with Gasteiger partial charge in [0.25, 0.3) is 0 Å². The van der Waals surface area contributed by atoms with Crippen LogP contribution in [-0.4, -0.2) is 34.2 Å². The molecule has 0 rings (SSSR count). The van der Waals surface area contributed by atoms with Crippen LogP contribution in [0.1, 0.15) is 48.5 Å². The molecular formula is C12H28N2S. The highest BCUT2D eigenvalue weighted by atomic mass is 32.2. The molecule has 0 aliphatic heterocycles. The standard InChI is InChI=1S/C12H28N2S/c1-10(2,3)13-11(4,5)12(6,7)14(8)15-9/h13H,1-9H3. The third-order valence-electron chi connectivity index (χ3n) is 3.28. The molecule has 0 unspecified atom stereocenters. The first-order valence-electron chi connectivity index (χ1n) is 5.51. The summed E-state index contributed by atoms with van der Waals surface area (Å²) in [6, 6.07) is 0. The van der Waals surface area contributed by atoms with Crippen molar-refractivity contribution in [1.29, 1.82) is 0 Å². The first kappa shape index (κ1) is 15.3. The highest BCUT2D eigenvalue weighted by Crippen LogP contribution is 2.32. The van der Waals surface area contributed by atoms with Gasteiger partial charge in [-0.05, 0) is 61.8 Å². The van der Waals surface area contributed by atoms with E-state index < -0.39 is 0 Å². The lowest BCUT2D eigenvalue weighted by molar-refractivity contribution is 0.110. The van der Waals surface area contributed by atoms with Crippen LogP contribution in [0.15, 0.2) is 0 Å². The van der Waals surface area contributed by atoms with Gasteiger partial charge in [-0.1, -0.05) is 11.9 Å². The van der Waals surface area contributed by atoms with Crippen LogP contribution in [0.3, 0.4) is 0 Å². The molecular weight excluding hydrogens is 204 g/mol. The first-order valence-corrected chi connectivity index (χ1v) is 6.69. The van der Waals surface area contributed by atoms with E-state index in [1.807, 2.05) is 0 Å². The van der Waals surface area contributed by atoms with Crippen LogP contribution < -0.4 is 5.32 Å². The van der Waals surface area contributed by atoms with Crippen molar-refractivity contribution in [3.63, 3.8) is 0 Å². The lowest BCUT2D eigenvalue weighted by atomic mass is 9.81. The van der Waals surface area contributed by atoms with Crippen molar-refractivity contribution in [2.45, 2.75) is 65.1 Å². The van der Waals surface area contributed by atoms with Crippen molar-refractivity contribution in [3.8, 4) is 0 Å². The topological polar surface area (TPSA) is 15.3 Å². The van der Waals surface area contributed by atoms with Crippen LogP contribution >= 0.6 is 11.9 Å². The van der Waals surface area contributed by atoms with Gasteiger partial charge >= 0.3 is 0 Å². The van der Waals surface area contributed by atoms with Gasteiger partial charge in [0.1, 0.15) is 0 Å². The molecule has 0 aromatic carbocycles. The number of hydrogen-bond donors (Lipinski definition) is 1. The summed E-state index contributed by atoms with van der Waals surface area (Å²) >= 11 is 1.78. The zero-order valence-corrected chi connectivity index (χ0v) is 12.7. The molecule has 0 saturated heterocycles. The smallest absolute Gasteiger partial charge is 0.0430 e. The van der Waals surface area contributed by atoms with Gasteiger partial charge in [-0.2, -0.15) is 0 Å². The van der Waals surface area contributed by atoms with E-state index >= 15 is 0 Å². The van der Waals surface area contributed by atoms with Crippen molar-refractivity contribution in [2.75, 3.05) is 13.3 Å². The van der Waals surface area contributed by atoms with Gasteiger partial charge in [0, 0.05) is 16.6 Å². The fourth-order valence-corrected chi connectivity index (χ4v) is 2.40. The second kappa shape index (κ2) is 4.64. The van der Waals surface area contributed by atoms with Crippen molar-refractivity contribution < 1.29 is 0 Å². The Labute approximate surface area is 100 Å². The molecule has 3 heteroatoms. The molecule has 0 atom stereocenters. The zero-order valence-electron chi connectivity index (χ0n) is 11.9. The Bertz CT molecular complexity index is 204. The summed E-state index contributed by atoms with van der Waals surface area (Å²) in [7, 11) is 2.15. The van der Waals surface area contributed by atoms with Gasteiger partial charge in [-0.3, -0.25) is 0 Å². The van der Waals surface area contributed by atoms with Gasteiger partial charge in [0.15, 0.2) is 0 Å². The third kappa shape index (κ3) is 3.97. The Morgan fingerprint density at radius 2 is 1.33 bits per heavy atom. The minimum atomic E-state index is 0.0585. The molecule has 0 bridgehead atoms. The lowest BCUT2D eigenvalue weighted by Crippen LogP contribution is -2.65. The molecule has 0 spiro atoms. The minimum Gasteiger partial charge on any atom is -0.305 e. The van der Waals surface area contributed by atoms with Crippen LogP contribution in [0.5, 0.6) is 0 Å². The Hall–Kier alpha value is 0.270. The van der Waals surface area contributed by atoms with Gasteiger partial charge < -0.3 is 5.32 Å². The Morgan fingerprint density at radius 1 is 0.933 bits per heavy atom. The molecule has 0 amide bonds. The number of likely N-dealkylation sites (N-methyl/N-ethyl adjacent to an activating group) is 1. The first-order chi connectivity index (χ1) is 6.44. The zero-order chi connectivity index (χ0) is 12.5. The van der Waals surface area contributed by atoms with E-state index in [1.54, 1.807) is 11.9 Å². The van der Waals surface area contributed by atoms with Gasteiger partial charge in [-0.15, -0.1) is 0 Å². The van der Waals surface area contributed by atoms with E-state index in [2.05, 4.69) is 71.4 Å². The summed E-state index contributed by atoms with van der Waals surface area (Å²) in [5.41, 5.74) is 0.294. The summed E-state index contributed by atoms with van der Waals surface area (Å²) < 4.78 is 2.31. The Balaban J connectivity index is 4.84. The maximum atomic E-state index is 3.70. The SMILES string of the molecule is CSN(C)C(C)(C)C(C)(C)NC(C)(C)C. The van der Waals surface area contributed by atoms with Crippen LogP contribution in [0.2, 0.25) is 0 Å². The van der Waals surface area contributed by atoms with Crippen molar-refractivity contribution in [3.05, 3.63) is 0 Å². The van der Waals surface area contributed by atoms with Crippen molar-refractivity contribution in [1.82, 2.24) is 9.62 Å². The molecule has 15 heavy (non-hydrogen) atoms. The molecule has 0 aromatic heterocycles. The number of hydrogen-bond acceptors (Lipinski definition) is 3. The van der Waals surface area contributed by atoms with Crippen LogP contribution in [0.4, 0.5) is 0 Å². The second-order valence-corrected chi connectivity index (χ2v) is 7.15. The highest BCUT2D eigenvalue weighted by Gasteiger charge is 2.41. The minimum absolute atomic E-state index is 0.0585. The molecule has 0 heterocycles. The average molecular weight is 232 g/mol. The second-order valence-electron chi connectivity index (χ2n) is 6.24. The van der Waals surface area contributed by atoms with Crippen LogP contribution in [-0.2, 0) is 0 Å². The van der Waals surface area contributed by atoms with Gasteiger partial charge in [0.05, 0.1) is 0 Å².